The molecule has 3 aromatic rings. The predicted molar refractivity (Wildman–Crippen MR) is 155 cm³/mol. The number of piperazine rings is 1. The zero-order chi connectivity index (χ0) is 26.1. The molecular formula is C29H37ClN6OS. The lowest BCUT2D eigenvalue weighted by molar-refractivity contribution is -0.133. The zero-order valence-corrected chi connectivity index (χ0v) is 23.7. The summed E-state index contributed by atoms with van der Waals surface area (Å²) in [7, 11) is 2.18. The summed E-state index contributed by atoms with van der Waals surface area (Å²) in [6.07, 6.45) is 9.03. The number of amides is 1. The number of nitrogens with one attached hydrogen (secondary N) is 1. The molecule has 6 rings (SSSR count). The van der Waals surface area contributed by atoms with Gasteiger partial charge in [0.05, 0.1) is 11.3 Å². The third-order valence-electron chi connectivity index (χ3n) is 8.48. The van der Waals surface area contributed by atoms with E-state index in [0.29, 0.717) is 30.7 Å². The second kappa shape index (κ2) is 11.5. The maximum atomic E-state index is 13.9. The highest BCUT2D eigenvalue weighted by Crippen LogP contribution is 2.38. The molecule has 1 saturated heterocycles. The zero-order valence-electron chi connectivity index (χ0n) is 22.2. The van der Waals surface area contributed by atoms with Gasteiger partial charge in [0.1, 0.15) is 17.0 Å². The number of carbonyl (C=O) groups is 1. The van der Waals surface area contributed by atoms with E-state index >= 15 is 0 Å². The number of hydrogen-bond acceptors (Lipinski definition) is 7. The lowest BCUT2D eigenvalue weighted by Crippen LogP contribution is -2.51. The molecule has 4 heterocycles. The molecule has 0 spiro atoms. The highest BCUT2D eigenvalue weighted by molar-refractivity contribution is 7.19. The van der Waals surface area contributed by atoms with Crippen molar-refractivity contribution in [2.24, 2.45) is 0 Å². The molecule has 7 nitrogen and oxygen atoms in total. The van der Waals surface area contributed by atoms with Crippen molar-refractivity contribution in [3.8, 4) is 0 Å². The third kappa shape index (κ3) is 5.41. The Kier molecular flexibility index (Phi) is 7.84. The van der Waals surface area contributed by atoms with Gasteiger partial charge < -0.3 is 20.0 Å². The minimum absolute atomic E-state index is 0.201. The lowest BCUT2D eigenvalue weighted by Gasteiger charge is -2.38. The number of anilines is 1. The topological polar surface area (TPSA) is 64.6 Å². The van der Waals surface area contributed by atoms with Crippen LogP contribution in [0.2, 0.25) is 5.02 Å². The highest BCUT2D eigenvalue weighted by atomic mass is 35.5. The predicted octanol–water partition coefficient (Wildman–Crippen LogP) is 4.69. The standard InChI is InChI=1S/C29H37ClN6OS/c1-34-12-11-23-25(18-34)38-28-26(23)27(32-19-33-28)35-13-15-36(16-14-35)29(37)24(20-7-9-21(30)10-8-20)17-31-22-5-3-2-4-6-22/h7-10,19,22,24,31H,2-6,11-18H2,1H3. The first-order valence-corrected chi connectivity index (χ1v) is 15.2. The van der Waals surface area contributed by atoms with E-state index in [1.807, 2.05) is 24.3 Å². The second-order valence-corrected chi connectivity index (χ2v) is 12.5. The van der Waals surface area contributed by atoms with Gasteiger partial charge in [-0.2, -0.15) is 0 Å². The van der Waals surface area contributed by atoms with E-state index in [2.05, 4.69) is 32.0 Å². The smallest absolute Gasteiger partial charge is 0.231 e. The van der Waals surface area contributed by atoms with Crippen LogP contribution in [0, 0.1) is 0 Å². The summed E-state index contributed by atoms with van der Waals surface area (Å²) in [4.78, 5) is 32.5. The maximum Gasteiger partial charge on any atom is 0.231 e. The minimum atomic E-state index is -0.201. The van der Waals surface area contributed by atoms with Crippen LogP contribution in [0.3, 0.4) is 0 Å². The van der Waals surface area contributed by atoms with E-state index in [1.165, 1.54) is 47.9 Å². The molecular weight excluding hydrogens is 516 g/mol. The Hall–Kier alpha value is -2.26. The van der Waals surface area contributed by atoms with E-state index < -0.39 is 0 Å². The Morgan fingerprint density at radius 2 is 1.84 bits per heavy atom. The maximum absolute atomic E-state index is 13.9. The summed E-state index contributed by atoms with van der Waals surface area (Å²) in [5, 5.41) is 5.66. The van der Waals surface area contributed by atoms with E-state index in [-0.39, 0.29) is 11.8 Å². The number of fused-ring (bicyclic) bond motifs is 3. The first-order chi connectivity index (χ1) is 18.6. The Labute approximate surface area is 234 Å². The van der Waals surface area contributed by atoms with Crippen LogP contribution in [0.5, 0.6) is 0 Å². The molecule has 2 aliphatic heterocycles. The number of benzene rings is 1. The first-order valence-electron chi connectivity index (χ1n) is 14.0. The van der Waals surface area contributed by atoms with Crippen molar-refractivity contribution in [3.63, 3.8) is 0 Å². The molecule has 2 aromatic heterocycles. The number of hydrogen-bond donors (Lipinski definition) is 1. The fourth-order valence-corrected chi connectivity index (χ4v) is 7.66. The van der Waals surface area contributed by atoms with Crippen LogP contribution >= 0.6 is 22.9 Å². The summed E-state index contributed by atoms with van der Waals surface area (Å²) in [5.41, 5.74) is 2.46. The van der Waals surface area contributed by atoms with Gasteiger partial charge in [-0.05, 0) is 49.6 Å². The summed E-state index contributed by atoms with van der Waals surface area (Å²) in [5.74, 6) is 1.05. The lowest BCUT2D eigenvalue weighted by atomic mass is 9.93. The molecule has 1 atom stereocenters. The summed E-state index contributed by atoms with van der Waals surface area (Å²) in [6, 6.07) is 8.33. The van der Waals surface area contributed by atoms with Gasteiger partial charge in [0.25, 0.3) is 0 Å². The second-order valence-electron chi connectivity index (χ2n) is 11.0. The summed E-state index contributed by atoms with van der Waals surface area (Å²) >= 11 is 7.98. The molecule has 38 heavy (non-hydrogen) atoms. The third-order valence-corrected chi connectivity index (χ3v) is 9.86. The Morgan fingerprint density at radius 3 is 2.61 bits per heavy atom. The van der Waals surface area contributed by atoms with Gasteiger partial charge in [-0.15, -0.1) is 11.3 Å². The van der Waals surface area contributed by atoms with Gasteiger partial charge in [0, 0.05) is 61.8 Å². The van der Waals surface area contributed by atoms with Crippen molar-refractivity contribution >= 4 is 44.9 Å². The Bertz CT molecular complexity index is 1270. The number of rotatable bonds is 6. The van der Waals surface area contributed by atoms with Gasteiger partial charge >= 0.3 is 0 Å². The highest BCUT2D eigenvalue weighted by Gasteiger charge is 2.31. The van der Waals surface area contributed by atoms with Gasteiger partial charge in [0.2, 0.25) is 5.91 Å². The number of carbonyl (C=O) groups excluding carboxylic acids is 1. The molecule has 1 unspecified atom stereocenters. The van der Waals surface area contributed by atoms with E-state index in [1.54, 1.807) is 17.7 Å². The van der Waals surface area contributed by atoms with Crippen LogP contribution in [0.4, 0.5) is 5.82 Å². The van der Waals surface area contributed by atoms with Crippen molar-refractivity contribution in [3.05, 3.63) is 51.6 Å². The number of likely N-dealkylation sites (N-methyl/N-ethyl adjacent to an activating group) is 1. The Balaban J connectivity index is 1.17. The van der Waals surface area contributed by atoms with Crippen LogP contribution in [0.15, 0.2) is 30.6 Å². The van der Waals surface area contributed by atoms with Gasteiger partial charge in [-0.25, -0.2) is 9.97 Å². The average molecular weight is 553 g/mol. The van der Waals surface area contributed by atoms with Gasteiger partial charge in [-0.3, -0.25) is 4.79 Å². The first kappa shape index (κ1) is 26.0. The van der Waals surface area contributed by atoms with Crippen LogP contribution in [-0.4, -0.2) is 78.0 Å². The normalized spacial score (nSPS) is 20.1. The van der Waals surface area contributed by atoms with Gasteiger partial charge in [-0.1, -0.05) is 43.0 Å². The molecule has 1 aromatic carbocycles. The van der Waals surface area contributed by atoms with E-state index in [4.69, 9.17) is 16.6 Å². The van der Waals surface area contributed by atoms with Crippen LogP contribution in [0.25, 0.3) is 10.2 Å². The largest absolute Gasteiger partial charge is 0.352 e. The molecule has 1 aliphatic carbocycles. The molecule has 1 amide bonds. The fraction of sp³-hybridized carbons (Fsp3) is 0.552. The minimum Gasteiger partial charge on any atom is -0.352 e. The molecule has 9 heteroatoms. The fourth-order valence-electron chi connectivity index (χ4n) is 6.27. The van der Waals surface area contributed by atoms with Crippen molar-refractivity contribution in [2.45, 2.75) is 57.0 Å². The summed E-state index contributed by atoms with van der Waals surface area (Å²) in [6.45, 7) is 5.69. The molecule has 0 radical (unpaired) electrons. The van der Waals surface area contributed by atoms with Crippen LogP contribution < -0.4 is 10.2 Å². The monoisotopic (exact) mass is 552 g/mol. The molecule has 1 N–H and O–H groups in total. The SMILES string of the molecule is CN1CCc2c(sc3ncnc(N4CCN(C(=O)C(CNC5CCCCC5)c5ccc(Cl)cc5)CC4)c23)C1. The average Bonchev–Trinajstić information content (AvgIpc) is 3.32. The quantitative estimate of drug-likeness (QED) is 0.479. The number of thiophene rings is 1. The molecule has 202 valence electrons. The molecule has 3 aliphatic rings. The van der Waals surface area contributed by atoms with Crippen molar-refractivity contribution in [2.75, 3.05) is 51.2 Å². The van der Waals surface area contributed by atoms with Crippen LogP contribution in [-0.2, 0) is 17.8 Å². The van der Waals surface area contributed by atoms with Gasteiger partial charge in [0.15, 0.2) is 0 Å². The molecule has 1 saturated carbocycles. The molecule has 2 fully saturated rings. The van der Waals surface area contributed by atoms with Crippen molar-refractivity contribution in [1.29, 1.82) is 0 Å². The number of aromatic nitrogens is 2. The molecule has 0 bridgehead atoms. The van der Waals surface area contributed by atoms with Crippen molar-refractivity contribution < 1.29 is 4.79 Å². The van der Waals surface area contributed by atoms with E-state index in [0.717, 1.165) is 48.8 Å². The van der Waals surface area contributed by atoms with Crippen LogP contribution in [0.1, 0.15) is 54.0 Å². The van der Waals surface area contributed by atoms with E-state index in [9.17, 15) is 4.79 Å². The Morgan fingerprint density at radius 1 is 1.08 bits per heavy atom. The number of halogens is 1. The summed E-state index contributed by atoms with van der Waals surface area (Å²) < 4.78 is 0. The number of nitrogens with zero attached hydrogens (tertiary/aromatic N) is 5. The van der Waals surface area contributed by atoms with Crippen molar-refractivity contribution in [1.82, 2.24) is 25.1 Å².